The summed E-state index contributed by atoms with van der Waals surface area (Å²) in [5.41, 5.74) is 1.95. The second-order valence-electron chi connectivity index (χ2n) is 4.76. The predicted molar refractivity (Wildman–Crippen MR) is 88.0 cm³/mol. The van der Waals surface area contributed by atoms with Crippen LogP contribution in [0.4, 0.5) is 5.69 Å². The normalized spacial score (nSPS) is 10.1. The fourth-order valence-corrected chi connectivity index (χ4v) is 2.11. The van der Waals surface area contributed by atoms with Gasteiger partial charge in [0.1, 0.15) is 0 Å². The molecule has 0 fully saturated rings. The van der Waals surface area contributed by atoms with Crippen LogP contribution in [0, 0.1) is 0 Å². The molecule has 0 aliphatic carbocycles. The number of hydrogen-bond acceptors (Lipinski definition) is 2. The number of halogens is 1. The fourth-order valence-electron chi connectivity index (χ4n) is 1.91. The Morgan fingerprint density at radius 2 is 1.86 bits per heavy atom. The number of nitrogens with one attached hydrogen (secondary N) is 2. The molecule has 5 heteroatoms. The van der Waals surface area contributed by atoms with Crippen LogP contribution in [0.5, 0.6) is 0 Å². The van der Waals surface area contributed by atoms with E-state index in [2.05, 4.69) is 10.6 Å². The minimum Gasteiger partial charge on any atom is -0.348 e. The maximum absolute atomic E-state index is 12.2. The van der Waals surface area contributed by atoms with E-state index >= 15 is 0 Å². The maximum Gasteiger partial charge on any atom is 0.251 e. The molecular weight excluding hydrogens is 300 g/mol. The highest BCUT2D eigenvalue weighted by atomic mass is 35.5. The molecule has 2 N–H and O–H groups in total. The van der Waals surface area contributed by atoms with Crippen LogP contribution in [0.15, 0.2) is 48.5 Å². The molecule has 114 valence electrons. The third-order valence-electron chi connectivity index (χ3n) is 3.13. The summed E-state index contributed by atoms with van der Waals surface area (Å²) < 4.78 is 0. The Labute approximate surface area is 134 Å². The van der Waals surface area contributed by atoms with E-state index in [1.165, 1.54) is 0 Å². The molecule has 0 atom stereocenters. The van der Waals surface area contributed by atoms with Gasteiger partial charge in [0.05, 0.1) is 0 Å². The Morgan fingerprint density at radius 3 is 2.59 bits per heavy atom. The number of rotatable bonds is 5. The number of amides is 2. The molecule has 0 saturated heterocycles. The Balaban J connectivity index is 2.02. The number of anilines is 1. The predicted octanol–water partition coefficient (Wildman–Crippen LogP) is 3.62. The summed E-state index contributed by atoms with van der Waals surface area (Å²) in [4.78, 5) is 23.6. The van der Waals surface area contributed by atoms with Crippen LogP contribution in [0.25, 0.3) is 0 Å². The van der Waals surface area contributed by atoms with E-state index < -0.39 is 0 Å². The molecule has 0 radical (unpaired) electrons. The molecular formula is C17H17ClN2O2. The van der Waals surface area contributed by atoms with Gasteiger partial charge in [0.25, 0.3) is 5.91 Å². The number of carbonyl (C=O) groups is 2. The molecule has 4 nitrogen and oxygen atoms in total. The van der Waals surface area contributed by atoms with Crippen molar-refractivity contribution in [1.82, 2.24) is 5.32 Å². The summed E-state index contributed by atoms with van der Waals surface area (Å²) in [7, 11) is 0. The lowest BCUT2D eigenvalue weighted by Crippen LogP contribution is -2.23. The zero-order chi connectivity index (χ0) is 15.9. The highest BCUT2D eigenvalue weighted by Gasteiger charge is 2.08. The highest BCUT2D eigenvalue weighted by Crippen LogP contribution is 2.15. The van der Waals surface area contributed by atoms with Gasteiger partial charge in [-0.2, -0.15) is 0 Å². The summed E-state index contributed by atoms with van der Waals surface area (Å²) in [5, 5.41) is 6.16. The number of hydrogen-bond donors (Lipinski definition) is 2. The van der Waals surface area contributed by atoms with Gasteiger partial charge in [0.2, 0.25) is 5.91 Å². The van der Waals surface area contributed by atoms with Gasteiger partial charge in [0, 0.05) is 29.2 Å². The minimum atomic E-state index is -0.215. The smallest absolute Gasteiger partial charge is 0.251 e. The van der Waals surface area contributed by atoms with E-state index in [-0.39, 0.29) is 11.8 Å². The zero-order valence-corrected chi connectivity index (χ0v) is 13.0. The minimum absolute atomic E-state index is 0.0892. The topological polar surface area (TPSA) is 58.2 Å². The van der Waals surface area contributed by atoms with Crippen molar-refractivity contribution >= 4 is 29.1 Å². The van der Waals surface area contributed by atoms with Gasteiger partial charge >= 0.3 is 0 Å². The molecule has 2 amide bonds. The molecule has 0 aromatic heterocycles. The van der Waals surface area contributed by atoms with Gasteiger partial charge in [-0.1, -0.05) is 42.8 Å². The van der Waals surface area contributed by atoms with Gasteiger partial charge in [-0.05, 0) is 29.8 Å². The van der Waals surface area contributed by atoms with Crippen molar-refractivity contribution in [1.29, 1.82) is 0 Å². The fraction of sp³-hybridized carbons (Fsp3) is 0.176. The molecule has 0 spiro atoms. The Hall–Kier alpha value is -2.33. The molecule has 0 aliphatic rings. The lowest BCUT2D eigenvalue weighted by atomic mass is 10.1. The molecule has 0 bridgehead atoms. The maximum atomic E-state index is 12.2. The van der Waals surface area contributed by atoms with Crippen molar-refractivity contribution in [3.05, 3.63) is 64.7 Å². The van der Waals surface area contributed by atoms with E-state index in [1.807, 2.05) is 18.2 Å². The molecule has 0 unspecified atom stereocenters. The van der Waals surface area contributed by atoms with Gasteiger partial charge in [-0.25, -0.2) is 0 Å². The highest BCUT2D eigenvalue weighted by molar-refractivity contribution is 6.31. The van der Waals surface area contributed by atoms with Crippen LogP contribution in [0.3, 0.4) is 0 Å². The van der Waals surface area contributed by atoms with Crippen molar-refractivity contribution < 1.29 is 9.59 Å². The third kappa shape index (κ3) is 4.33. The van der Waals surface area contributed by atoms with Crippen molar-refractivity contribution in [3.63, 3.8) is 0 Å². The van der Waals surface area contributed by atoms with Crippen LogP contribution in [0.2, 0.25) is 5.02 Å². The first-order valence-electron chi connectivity index (χ1n) is 7.01. The van der Waals surface area contributed by atoms with Crippen molar-refractivity contribution in [2.45, 2.75) is 19.9 Å². The molecule has 2 aromatic rings. The summed E-state index contributed by atoms with van der Waals surface area (Å²) in [6.45, 7) is 2.12. The van der Waals surface area contributed by atoms with E-state index in [4.69, 9.17) is 11.6 Å². The van der Waals surface area contributed by atoms with E-state index in [0.29, 0.717) is 29.2 Å². The molecule has 2 aromatic carbocycles. The first-order chi connectivity index (χ1) is 10.6. The van der Waals surface area contributed by atoms with Crippen LogP contribution < -0.4 is 10.6 Å². The molecule has 22 heavy (non-hydrogen) atoms. The van der Waals surface area contributed by atoms with Crippen LogP contribution in [-0.4, -0.2) is 11.8 Å². The van der Waals surface area contributed by atoms with E-state index in [9.17, 15) is 9.59 Å². The Bertz CT molecular complexity index is 686. The lowest BCUT2D eigenvalue weighted by molar-refractivity contribution is -0.115. The standard InChI is InChI=1S/C17H17ClN2O2/c1-2-16(21)20-14-8-5-7-12(10-14)17(22)19-11-13-6-3-4-9-15(13)18/h3-10H,2,11H2,1H3,(H,19,22)(H,20,21). The third-order valence-corrected chi connectivity index (χ3v) is 3.50. The largest absolute Gasteiger partial charge is 0.348 e. The second-order valence-corrected chi connectivity index (χ2v) is 5.16. The average Bonchev–Trinajstić information content (AvgIpc) is 2.54. The van der Waals surface area contributed by atoms with Gasteiger partial charge in [-0.15, -0.1) is 0 Å². The van der Waals surface area contributed by atoms with Crippen LogP contribution in [0.1, 0.15) is 29.3 Å². The summed E-state index contributed by atoms with van der Waals surface area (Å²) in [6.07, 6.45) is 0.392. The first kappa shape index (κ1) is 16.0. The average molecular weight is 317 g/mol. The SMILES string of the molecule is CCC(=O)Nc1cccc(C(=O)NCc2ccccc2Cl)c1. The molecule has 0 aliphatic heterocycles. The summed E-state index contributed by atoms with van der Waals surface area (Å²) in [5.74, 6) is -0.304. The van der Waals surface area contributed by atoms with Crippen LogP contribution in [-0.2, 0) is 11.3 Å². The van der Waals surface area contributed by atoms with E-state index in [1.54, 1.807) is 37.3 Å². The van der Waals surface area contributed by atoms with Gasteiger partial charge in [0.15, 0.2) is 0 Å². The zero-order valence-electron chi connectivity index (χ0n) is 12.2. The molecule has 2 rings (SSSR count). The Kier molecular flexibility index (Phi) is 5.55. The summed E-state index contributed by atoms with van der Waals surface area (Å²) >= 11 is 6.05. The lowest BCUT2D eigenvalue weighted by Gasteiger charge is -2.09. The molecule has 0 heterocycles. The second kappa shape index (κ2) is 7.61. The number of benzene rings is 2. The quantitative estimate of drug-likeness (QED) is 0.885. The van der Waals surface area contributed by atoms with E-state index in [0.717, 1.165) is 5.56 Å². The molecule has 0 saturated carbocycles. The monoisotopic (exact) mass is 316 g/mol. The van der Waals surface area contributed by atoms with Gasteiger partial charge in [-0.3, -0.25) is 9.59 Å². The Morgan fingerprint density at radius 1 is 1.09 bits per heavy atom. The summed E-state index contributed by atoms with van der Waals surface area (Å²) in [6, 6.07) is 14.2. The van der Waals surface area contributed by atoms with Crippen LogP contribution >= 0.6 is 11.6 Å². The van der Waals surface area contributed by atoms with Gasteiger partial charge < -0.3 is 10.6 Å². The number of carbonyl (C=O) groups excluding carboxylic acids is 2. The van der Waals surface area contributed by atoms with Crippen molar-refractivity contribution in [3.8, 4) is 0 Å². The first-order valence-corrected chi connectivity index (χ1v) is 7.39. The van der Waals surface area contributed by atoms with Crippen molar-refractivity contribution in [2.75, 3.05) is 5.32 Å². The van der Waals surface area contributed by atoms with Crippen molar-refractivity contribution in [2.24, 2.45) is 0 Å².